The second kappa shape index (κ2) is 5.26. The number of rotatable bonds is 4. The van der Waals surface area contributed by atoms with Gasteiger partial charge in [0.15, 0.2) is 0 Å². The second-order valence-electron chi connectivity index (χ2n) is 3.05. The van der Waals surface area contributed by atoms with Crippen LogP contribution in [0.25, 0.3) is 0 Å². The quantitative estimate of drug-likeness (QED) is 0.873. The van der Waals surface area contributed by atoms with Crippen LogP contribution in [0.2, 0.25) is 0 Å². The van der Waals surface area contributed by atoms with Gasteiger partial charge in [0.2, 0.25) is 10.0 Å². The van der Waals surface area contributed by atoms with Crippen LogP contribution in [0.15, 0.2) is 14.7 Å². The third-order valence-corrected chi connectivity index (χ3v) is 4.88. The summed E-state index contributed by atoms with van der Waals surface area (Å²) in [7, 11) is -3.78. The maximum absolute atomic E-state index is 11.5. The predicted molar refractivity (Wildman–Crippen MR) is 66.0 cm³/mol. The molecule has 5 nitrogen and oxygen atoms in total. The van der Waals surface area contributed by atoms with Gasteiger partial charge in [-0.2, -0.15) is 0 Å². The molecule has 0 saturated heterocycles. The van der Waals surface area contributed by atoms with Crippen LogP contribution in [0.5, 0.6) is 0 Å². The molecule has 8 heteroatoms. The van der Waals surface area contributed by atoms with Gasteiger partial charge in [-0.15, -0.1) is 11.3 Å². The molecular weight excluding hydrogens is 316 g/mol. The fourth-order valence-electron chi connectivity index (χ4n) is 0.984. The number of nitrogens with two attached hydrogens (primary N) is 1. The van der Waals surface area contributed by atoms with Crippen molar-refractivity contribution in [1.82, 2.24) is 5.32 Å². The highest BCUT2D eigenvalue weighted by atomic mass is 79.9. The highest BCUT2D eigenvalue weighted by Gasteiger charge is 2.19. The Morgan fingerprint density at radius 3 is 2.69 bits per heavy atom. The van der Waals surface area contributed by atoms with Gasteiger partial charge in [0, 0.05) is 6.54 Å². The van der Waals surface area contributed by atoms with E-state index in [1.807, 2.05) is 6.92 Å². The van der Waals surface area contributed by atoms with Gasteiger partial charge in [0.25, 0.3) is 5.91 Å². The number of amides is 1. The molecule has 1 heterocycles. The molecule has 0 aromatic carbocycles. The number of thiophene rings is 1. The molecule has 90 valence electrons. The summed E-state index contributed by atoms with van der Waals surface area (Å²) in [6.07, 6.45) is 0.820. The van der Waals surface area contributed by atoms with Gasteiger partial charge >= 0.3 is 0 Å². The van der Waals surface area contributed by atoms with E-state index in [4.69, 9.17) is 5.14 Å². The lowest BCUT2D eigenvalue weighted by atomic mass is 10.4. The highest BCUT2D eigenvalue weighted by Crippen LogP contribution is 2.30. The molecule has 0 bridgehead atoms. The Morgan fingerprint density at radius 1 is 1.62 bits per heavy atom. The fraction of sp³-hybridized carbons (Fsp3) is 0.375. The van der Waals surface area contributed by atoms with E-state index in [2.05, 4.69) is 21.2 Å². The SMILES string of the molecule is CCCNC(=O)c1cc(S(N)(=O)=O)c(Br)s1. The van der Waals surface area contributed by atoms with Crippen molar-refractivity contribution in [3.63, 3.8) is 0 Å². The first-order chi connectivity index (χ1) is 7.36. The second-order valence-corrected chi connectivity index (χ2v) is 6.95. The van der Waals surface area contributed by atoms with Gasteiger partial charge < -0.3 is 5.32 Å². The minimum atomic E-state index is -3.78. The number of carbonyl (C=O) groups excluding carboxylic acids is 1. The maximum atomic E-state index is 11.5. The number of carbonyl (C=O) groups is 1. The smallest absolute Gasteiger partial charge is 0.261 e. The summed E-state index contributed by atoms with van der Waals surface area (Å²) in [6, 6.07) is 1.27. The van der Waals surface area contributed by atoms with E-state index in [0.717, 1.165) is 17.8 Å². The van der Waals surface area contributed by atoms with Crippen molar-refractivity contribution in [2.45, 2.75) is 18.2 Å². The monoisotopic (exact) mass is 326 g/mol. The lowest BCUT2D eigenvalue weighted by Crippen LogP contribution is -2.23. The van der Waals surface area contributed by atoms with Crippen molar-refractivity contribution in [2.24, 2.45) is 5.14 Å². The normalized spacial score (nSPS) is 11.4. The largest absolute Gasteiger partial charge is 0.351 e. The minimum absolute atomic E-state index is 0.0563. The molecule has 0 atom stereocenters. The lowest BCUT2D eigenvalue weighted by Gasteiger charge is -1.98. The Kier molecular flexibility index (Phi) is 4.48. The van der Waals surface area contributed by atoms with Crippen molar-refractivity contribution in [2.75, 3.05) is 6.54 Å². The molecule has 1 aromatic rings. The molecule has 1 rings (SSSR count). The van der Waals surface area contributed by atoms with E-state index >= 15 is 0 Å². The maximum Gasteiger partial charge on any atom is 0.261 e. The Morgan fingerprint density at radius 2 is 2.25 bits per heavy atom. The summed E-state index contributed by atoms with van der Waals surface area (Å²) in [5.74, 6) is -0.289. The molecule has 1 aromatic heterocycles. The summed E-state index contributed by atoms with van der Waals surface area (Å²) >= 11 is 4.11. The lowest BCUT2D eigenvalue weighted by molar-refractivity contribution is 0.0957. The first-order valence-corrected chi connectivity index (χ1v) is 7.62. The van der Waals surface area contributed by atoms with Gasteiger partial charge in [0.05, 0.1) is 8.66 Å². The van der Waals surface area contributed by atoms with Crippen molar-refractivity contribution in [3.05, 3.63) is 14.7 Å². The summed E-state index contributed by atoms with van der Waals surface area (Å²) in [6.45, 7) is 2.49. The summed E-state index contributed by atoms with van der Waals surface area (Å²) in [4.78, 5) is 11.8. The third-order valence-electron chi connectivity index (χ3n) is 1.72. The number of halogens is 1. The Balaban J connectivity index is 2.98. The molecule has 0 unspecified atom stereocenters. The van der Waals surface area contributed by atoms with Crippen molar-refractivity contribution in [1.29, 1.82) is 0 Å². The molecule has 0 aliphatic carbocycles. The van der Waals surface area contributed by atoms with Gasteiger partial charge in [0.1, 0.15) is 4.90 Å². The van der Waals surface area contributed by atoms with Crippen LogP contribution in [0, 0.1) is 0 Å². The average Bonchev–Trinajstić information content (AvgIpc) is 2.56. The molecule has 3 N–H and O–H groups in total. The summed E-state index contributed by atoms with van der Waals surface area (Å²) in [5, 5.41) is 7.64. The molecule has 0 aliphatic heterocycles. The molecule has 1 amide bonds. The summed E-state index contributed by atoms with van der Waals surface area (Å²) in [5.41, 5.74) is 0. The van der Waals surface area contributed by atoms with E-state index in [1.165, 1.54) is 6.07 Å². The molecule has 0 saturated carbocycles. The first kappa shape index (κ1) is 13.6. The predicted octanol–water partition coefficient (Wildman–Crippen LogP) is 1.30. The molecule has 0 spiro atoms. The van der Waals surface area contributed by atoms with E-state index in [9.17, 15) is 13.2 Å². The molecule has 0 aliphatic rings. The van der Waals surface area contributed by atoms with Crippen molar-refractivity contribution in [3.8, 4) is 0 Å². The van der Waals surface area contributed by atoms with Gasteiger partial charge in [-0.3, -0.25) is 4.79 Å². The Hall–Kier alpha value is -0.440. The van der Waals surface area contributed by atoms with Crippen LogP contribution >= 0.6 is 27.3 Å². The Labute approximate surface area is 106 Å². The summed E-state index contributed by atoms with van der Waals surface area (Å²) < 4.78 is 22.6. The number of sulfonamides is 1. The average molecular weight is 327 g/mol. The van der Waals surface area contributed by atoms with Crippen LogP contribution in [-0.2, 0) is 10.0 Å². The van der Waals surface area contributed by atoms with Crippen LogP contribution in [0.3, 0.4) is 0 Å². The van der Waals surface area contributed by atoms with E-state index < -0.39 is 10.0 Å². The molecule has 0 radical (unpaired) electrons. The highest BCUT2D eigenvalue weighted by molar-refractivity contribution is 9.11. The molecule has 16 heavy (non-hydrogen) atoms. The van der Waals surface area contributed by atoms with Crippen LogP contribution in [0.1, 0.15) is 23.0 Å². The zero-order valence-electron chi connectivity index (χ0n) is 8.49. The van der Waals surface area contributed by atoms with Gasteiger partial charge in [-0.25, -0.2) is 13.6 Å². The number of hydrogen-bond acceptors (Lipinski definition) is 4. The number of nitrogens with one attached hydrogen (secondary N) is 1. The standard InChI is InChI=1S/C8H11BrN2O3S2/c1-2-3-11-8(12)5-4-6(7(9)15-5)16(10,13)14/h4H,2-3H2,1H3,(H,11,12)(H2,10,13,14). The van der Waals surface area contributed by atoms with Gasteiger partial charge in [-0.1, -0.05) is 6.92 Å². The first-order valence-electron chi connectivity index (χ1n) is 4.46. The Bertz CT molecular complexity index is 495. The van der Waals surface area contributed by atoms with Crippen LogP contribution in [0.4, 0.5) is 0 Å². The molecule has 0 fully saturated rings. The van der Waals surface area contributed by atoms with E-state index in [0.29, 0.717) is 15.2 Å². The zero-order chi connectivity index (χ0) is 12.3. The van der Waals surface area contributed by atoms with E-state index in [1.54, 1.807) is 0 Å². The minimum Gasteiger partial charge on any atom is -0.351 e. The van der Waals surface area contributed by atoms with Crippen LogP contribution in [-0.4, -0.2) is 20.9 Å². The van der Waals surface area contributed by atoms with Crippen LogP contribution < -0.4 is 10.5 Å². The molecular formula is C8H11BrN2O3S2. The number of primary sulfonamides is 1. The fourth-order valence-corrected chi connectivity index (χ4v) is 4.05. The van der Waals surface area contributed by atoms with E-state index in [-0.39, 0.29) is 10.8 Å². The number of hydrogen-bond donors (Lipinski definition) is 2. The van der Waals surface area contributed by atoms with Gasteiger partial charge in [-0.05, 0) is 28.4 Å². The topological polar surface area (TPSA) is 89.3 Å². The zero-order valence-corrected chi connectivity index (χ0v) is 11.7. The van der Waals surface area contributed by atoms with Crippen molar-refractivity contribution < 1.29 is 13.2 Å². The third kappa shape index (κ3) is 3.27. The van der Waals surface area contributed by atoms with Crippen molar-refractivity contribution >= 4 is 43.2 Å².